The fourth-order valence-corrected chi connectivity index (χ4v) is 12.4. The summed E-state index contributed by atoms with van der Waals surface area (Å²) in [5, 5.41) is 19.7. The molecule has 3 aliphatic rings. The van der Waals surface area contributed by atoms with Crippen molar-refractivity contribution in [1.29, 1.82) is 0 Å². The van der Waals surface area contributed by atoms with Crippen LogP contribution in [0, 0.1) is 24.7 Å². The summed E-state index contributed by atoms with van der Waals surface area (Å²) in [6.07, 6.45) is 6.88. The molecule has 0 radical (unpaired) electrons. The van der Waals surface area contributed by atoms with Gasteiger partial charge < -0.3 is 55.6 Å². The van der Waals surface area contributed by atoms with Crippen LogP contribution in [0.3, 0.4) is 0 Å². The highest BCUT2D eigenvalue weighted by atomic mass is 32.2. The van der Waals surface area contributed by atoms with E-state index in [0.29, 0.717) is 11.1 Å². The van der Waals surface area contributed by atoms with Crippen molar-refractivity contribution in [2.45, 2.75) is 78.2 Å². The lowest BCUT2D eigenvalue weighted by molar-refractivity contribution is -0.174. The Balaban J connectivity index is 1.12. The number of rotatable bonds is 21. The second kappa shape index (κ2) is 27.0. The number of nitrogens with two attached hydrogens (primary N) is 1. The second-order valence-corrected chi connectivity index (χ2v) is 25.3. The van der Waals surface area contributed by atoms with Gasteiger partial charge in [-0.1, -0.05) is 22.5 Å². The number of nitrogen functional groups attached to an aromatic ring is 1. The van der Waals surface area contributed by atoms with Gasteiger partial charge in [0.2, 0.25) is 13.6 Å². The molecule has 4 aromatic rings. The van der Waals surface area contributed by atoms with Gasteiger partial charge in [0.25, 0.3) is 23.6 Å². The number of ether oxygens (including phenoxy) is 4. The van der Waals surface area contributed by atoms with Crippen molar-refractivity contribution in [1.82, 2.24) is 40.8 Å². The number of aryl methyl sites for hydroxylation is 2. The maximum Gasteiger partial charge on any atom is 0.358 e. The Morgan fingerprint density at radius 1 is 0.744 bits per heavy atom. The van der Waals surface area contributed by atoms with E-state index in [2.05, 4.69) is 51.5 Å². The quantitative estimate of drug-likeness (QED) is 0.0248. The van der Waals surface area contributed by atoms with Gasteiger partial charge >= 0.3 is 23.9 Å². The molecule has 4 amide bonds. The summed E-state index contributed by atoms with van der Waals surface area (Å²) >= 11 is 7.04. The van der Waals surface area contributed by atoms with Crippen LogP contribution in [0.5, 0.6) is 0 Å². The number of amides is 4. The lowest BCUT2D eigenvalue weighted by atomic mass is 9.97. The standard InChI is InChI=1S/C50H56N12O14S6/c1-23-29(81-19-52-23)13-11-25-15-77-40(58-31(25)43(67)73-21-75-45(69)49(3,4)5)34(56-37(63)32(60-71-9)27-17-79-47(51)54-27)39(65)59-48-55-28(18-80-48)33(61-72-10)38(64)57-35-41(66)62-36(44(68)74-22-76-46(70)50(6,7)8)26(16-78-42(35)62)12-14-30-24(2)53-20-82-30/h11-14,17-20,34-35,40,42,58H,15-16,21-22H2,1-10H3,(H2,51,54)(H,56,63)(H,57,64)(H,55,59,65)/b13-11-,14-12-,60-32-,61-33-/t34-,35-,40?,42-/m1/s1. The van der Waals surface area contributed by atoms with E-state index in [-0.39, 0.29) is 50.3 Å². The first-order chi connectivity index (χ1) is 38.9. The van der Waals surface area contributed by atoms with Crippen molar-refractivity contribution < 1.29 is 67.0 Å². The number of fused-ring (bicyclic) bond motifs is 1. The molecule has 1 fully saturated rings. The van der Waals surface area contributed by atoms with Crippen LogP contribution in [0.15, 0.2) is 66.8 Å². The third kappa shape index (κ3) is 15.1. The molecule has 0 spiro atoms. The Morgan fingerprint density at radius 3 is 1.84 bits per heavy atom. The van der Waals surface area contributed by atoms with Crippen LogP contribution in [0.2, 0.25) is 0 Å². The number of anilines is 2. The highest BCUT2D eigenvalue weighted by Gasteiger charge is 2.55. The topological polar surface area (TPSA) is 346 Å². The number of allylic oxidation sites excluding steroid dienone is 2. The van der Waals surface area contributed by atoms with Crippen LogP contribution in [-0.2, 0) is 67.0 Å². The molecule has 1 unspecified atom stereocenters. The Morgan fingerprint density at radius 2 is 1.29 bits per heavy atom. The van der Waals surface area contributed by atoms with E-state index in [9.17, 15) is 38.4 Å². The van der Waals surface area contributed by atoms with Gasteiger partial charge in [-0.25, -0.2) is 29.5 Å². The number of aromatic nitrogens is 4. The molecule has 3 aliphatic heterocycles. The molecule has 0 aliphatic carbocycles. The normalized spacial score (nSPS) is 18.0. The molecule has 436 valence electrons. The number of hydrogen-bond donors (Lipinski definition) is 5. The summed E-state index contributed by atoms with van der Waals surface area (Å²) in [6, 6.07) is -2.76. The van der Waals surface area contributed by atoms with Gasteiger partial charge in [0.1, 0.15) is 59.8 Å². The molecule has 7 rings (SSSR count). The van der Waals surface area contributed by atoms with E-state index < -0.39 is 100 Å². The van der Waals surface area contributed by atoms with Crippen LogP contribution < -0.4 is 27.0 Å². The minimum absolute atomic E-state index is 0.0336. The van der Waals surface area contributed by atoms with Gasteiger partial charge in [0.05, 0.1) is 33.2 Å². The third-order valence-electron chi connectivity index (χ3n) is 11.5. The molecule has 0 saturated carbocycles. The summed E-state index contributed by atoms with van der Waals surface area (Å²) in [5.41, 5.74) is 8.75. The Kier molecular flexibility index (Phi) is 20.5. The smallest absolute Gasteiger partial charge is 0.358 e. The van der Waals surface area contributed by atoms with Crippen LogP contribution in [0.25, 0.3) is 12.2 Å². The van der Waals surface area contributed by atoms with Gasteiger partial charge in [0.15, 0.2) is 21.7 Å². The Hall–Kier alpha value is -7.52. The summed E-state index contributed by atoms with van der Waals surface area (Å²) in [5.74, 6) is -6.23. The van der Waals surface area contributed by atoms with E-state index >= 15 is 0 Å². The van der Waals surface area contributed by atoms with E-state index in [0.717, 1.165) is 55.6 Å². The molecule has 7 heterocycles. The third-order valence-corrected chi connectivity index (χ3v) is 17.3. The molecule has 26 nitrogen and oxygen atoms in total. The van der Waals surface area contributed by atoms with E-state index in [1.807, 2.05) is 13.8 Å². The van der Waals surface area contributed by atoms with Gasteiger partial charge in [-0.05, 0) is 78.7 Å². The predicted octanol–water partition coefficient (Wildman–Crippen LogP) is 4.71. The van der Waals surface area contributed by atoms with Gasteiger partial charge in [-0.2, -0.15) is 0 Å². The molecular formula is C50H56N12O14S6. The fraction of sp³-hybridized carbons (Fsp3) is 0.400. The van der Waals surface area contributed by atoms with Crippen LogP contribution >= 0.6 is 68.9 Å². The average Bonchev–Trinajstić information content (AvgIpc) is 4.47. The summed E-state index contributed by atoms with van der Waals surface area (Å²) in [7, 11) is 2.39. The molecule has 82 heavy (non-hydrogen) atoms. The minimum Gasteiger partial charge on any atom is -0.427 e. The average molecular weight is 1240 g/mol. The molecule has 0 bridgehead atoms. The zero-order chi connectivity index (χ0) is 59.6. The number of oxime groups is 2. The monoisotopic (exact) mass is 1240 g/mol. The predicted molar refractivity (Wildman–Crippen MR) is 310 cm³/mol. The number of carbonyl (C=O) groups is 8. The zero-order valence-corrected chi connectivity index (χ0v) is 50.5. The lowest BCUT2D eigenvalue weighted by Gasteiger charge is -2.49. The molecule has 0 aromatic carbocycles. The highest BCUT2D eigenvalue weighted by Crippen LogP contribution is 2.41. The molecule has 4 aromatic heterocycles. The molecule has 1 saturated heterocycles. The molecular weight excluding hydrogens is 1190 g/mol. The zero-order valence-electron chi connectivity index (χ0n) is 45.6. The van der Waals surface area contributed by atoms with Crippen molar-refractivity contribution in [2.24, 2.45) is 21.1 Å². The van der Waals surface area contributed by atoms with Crippen molar-refractivity contribution in [2.75, 3.05) is 50.4 Å². The first kappa shape index (κ1) is 62.1. The van der Waals surface area contributed by atoms with Crippen molar-refractivity contribution in [3.63, 3.8) is 0 Å². The number of thiazole rings is 4. The van der Waals surface area contributed by atoms with Crippen molar-refractivity contribution in [3.05, 3.63) is 89.0 Å². The van der Waals surface area contributed by atoms with Crippen molar-refractivity contribution >= 4 is 150 Å². The first-order valence-corrected chi connectivity index (χ1v) is 30.0. The Labute approximate surface area is 493 Å². The molecule has 4 atom stereocenters. The molecule has 32 heteroatoms. The largest absolute Gasteiger partial charge is 0.427 e. The summed E-state index contributed by atoms with van der Waals surface area (Å²) in [4.78, 5) is 140. The summed E-state index contributed by atoms with van der Waals surface area (Å²) in [6.45, 7) is 12.0. The highest BCUT2D eigenvalue weighted by molar-refractivity contribution is 8.00. The number of carbonyl (C=O) groups excluding carboxylic acids is 8. The lowest BCUT2D eigenvalue weighted by Crippen LogP contribution is -2.71. The maximum absolute atomic E-state index is 14.7. The molecule has 6 N–H and O–H groups in total. The van der Waals surface area contributed by atoms with E-state index in [1.165, 1.54) is 64.3 Å². The van der Waals surface area contributed by atoms with Crippen LogP contribution in [-0.4, -0.2) is 146 Å². The number of hydrogen-bond acceptors (Lipinski definition) is 28. The van der Waals surface area contributed by atoms with Crippen LogP contribution in [0.1, 0.15) is 74.1 Å². The Bertz CT molecular complexity index is 3330. The van der Waals surface area contributed by atoms with Gasteiger partial charge in [-0.3, -0.25) is 33.7 Å². The number of nitrogens with one attached hydrogen (secondary N) is 4. The van der Waals surface area contributed by atoms with Gasteiger partial charge in [-0.15, -0.1) is 68.9 Å². The number of nitrogens with zero attached hydrogens (tertiary/aromatic N) is 7. The van der Waals surface area contributed by atoms with Gasteiger partial charge in [0, 0.05) is 32.0 Å². The van der Waals surface area contributed by atoms with E-state index in [1.54, 1.807) is 76.9 Å². The number of thioether (sulfide) groups is 2. The maximum atomic E-state index is 14.7. The summed E-state index contributed by atoms with van der Waals surface area (Å²) < 4.78 is 21.1. The minimum atomic E-state index is -1.57. The fourth-order valence-electron chi connectivity index (χ4n) is 7.24. The first-order valence-electron chi connectivity index (χ1n) is 24.4. The number of β-lactam (4-membered cyclic amide) rings is 1. The SMILES string of the molecule is CO/N=C(\C(=O)N[C@H](C(=O)Nc1nc(/C(=N/OC)C(=O)N[C@@H]2C(=O)N3C(C(=O)OCOC(=O)C(C)(C)C)=C(/C=C\c4scnc4C)CS[C@H]23)cs1)C1NC(C(=O)OCOC(=O)C(C)(C)C)=C(/C=C\c2scnc2C)CS1)c1csc(N)n1. The van der Waals surface area contributed by atoms with Crippen LogP contribution in [0.4, 0.5) is 10.3 Å². The van der Waals surface area contributed by atoms with E-state index in [4.69, 9.17) is 34.4 Å². The van der Waals surface area contributed by atoms with Crippen molar-refractivity contribution in [3.8, 4) is 0 Å². The second-order valence-electron chi connectivity index (χ2n) is 19.5. The number of esters is 4.